The standard InChI is InChI=1S/C11H22O/c1-9(2)6-5-7-10(3)8-11(4)12/h6,10-12H,5,7-8H2,1-4H3/t10-,11?/m0/s1. The molecule has 0 bridgehead atoms. The molecule has 0 saturated carbocycles. The summed E-state index contributed by atoms with van der Waals surface area (Å²) in [5.74, 6) is 0.639. The van der Waals surface area contributed by atoms with Gasteiger partial charge in [-0.1, -0.05) is 18.6 Å². The molecule has 12 heavy (non-hydrogen) atoms. The highest BCUT2D eigenvalue weighted by atomic mass is 16.3. The Balaban J connectivity index is 3.44. The van der Waals surface area contributed by atoms with Crippen molar-refractivity contribution in [1.82, 2.24) is 0 Å². The highest BCUT2D eigenvalue weighted by Crippen LogP contribution is 2.13. The SMILES string of the molecule is CC(C)=CCC[C@H](C)CC(C)O. The van der Waals surface area contributed by atoms with E-state index in [0.717, 1.165) is 12.8 Å². The minimum absolute atomic E-state index is 0.147. The molecule has 0 spiro atoms. The minimum atomic E-state index is -0.147. The van der Waals surface area contributed by atoms with E-state index in [2.05, 4.69) is 26.8 Å². The van der Waals surface area contributed by atoms with Crippen molar-refractivity contribution in [2.75, 3.05) is 0 Å². The van der Waals surface area contributed by atoms with Crippen LogP contribution >= 0.6 is 0 Å². The normalized spacial score (nSPS) is 15.4. The second-order valence-corrected chi connectivity index (χ2v) is 4.05. The Morgan fingerprint density at radius 1 is 1.33 bits per heavy atom. The lowest BCUT2D eigenvalue weighted by atomic mass is 9.98. The third-order valence-corrected chi connectivity index (χ3v) is 1.96. The summed E-state index contributed by atoms with van der Waals surface area (Å²) in [6.45, 7) is 8.31. The van der Waals surface area contributed by atoms with Gasteiger partial charge in [-0.2, -0.15) is 0 Å². The van der Waals surface area contributed by atoms with Gasteiger partial charge in [0.15, 0.2) is 0 Å². The van der Waals surface area contributed by atoms with E-state index in [9.17, 15) is 0 Å². The van der Waals surface area contributed by atoms with Gasteiger partial charge in [-0.05, 0) is 46.0 Å². The Bertz CT molecular complexity index is 132. The van der Waals surface area contributed by atoms with Gasteiger partial charge in [0.2, 0.25) is 0 Å². The van der Waals surface area contributed by atoms with Crippen molar-refractivity contribution in [3.05, 3.63) is 11.6 Å². The fraction of sp³-hybridized carbons (Fsp3) is 0.818. The van der Waals surface area contributed by atoms with Gasteiger partial charge in [-0.25, -0.2) is 0 Å². The summed E-state index contributed by atoms with van der Waals surface area (Å²) in [5.41, 5.74) is 1.39. The van der Waals surface area contributed by atoms with Gasteiger partial charge in [0.05, 0.1) is 6.10 Å². The molecule has 1 N–H and O–H groups in total. The fourth-order valence-electron chi connectivity index (χ4n) is 1.36. The fourth-order valence-corrected chi connectivity index (χ4v) is 1.36. The van der Waals surface area contributed by atoms with Crippen molar-refractivity contribution in [2.45, 2.75) is 53.1 Å². The zero-order valence-electron chi connectivity index (χ0n) is 8.80. The lowest BCUT2D eigenvalue weighted by Gasteiger charge is -2.11. The van der Waals surface area contributed by atoms with Crippen LogP contribution in [0.2, 0.25) is 0 Å². The average Bonchev–Trinajstić information content (AvgIpc) is 1.84. The van der Waals surface area contributed by atoms with E-state index in [0.29, 0.717) is 5.92 Å². The van der Waals surface area contributed by atoms with Crippen LogP contribution in [-0.4, -0.2) is 11.2 Å². The van der Waals surface area contributed by atoms with Crippen molar-refractivity contribution < 1.29 is 5.11 Å². The van der Waals surface area contributed by atoms with Crippen LogP contribution in [0, 0.1) is 5.92 Å². The lowest BCUT2D eigenvalue weighted by molar-refractivity contribution is 0.162. The molecule has 72 valence electrons. The topological polar surface area (TPSA) is 20.2 Å². The number of rotatable bonds is 5. The third-order valence-electron chi connectivity index (χ3n) is 1.96. The predicted octanol–water partition coefficient (Wildman–Crippen LogP) is 3.14. The van der Waals surface area contributed by atoms with Crippen LogP contribution < -0.4 is 0 Å². The van der Waals surface area contributed by atoms with Crippen molar-refractivity contribution in [3.63, 3.8) is 0 Å². The second-order valence-electron chi connectivity index (χ2n) is 4.05. The van der Waals surface area contributed by atoms with Gasteiger partial charge >= 0.3 is 0 Å². The molecule has 1 unspecified atom stereocenters. The second kappa shape index (κ2) is 6.24. The number of allylic oxidation sites excluding steroid dienone is 2. The first kappa shape index (κ1) is 11.7. The molecule has 0 aliphatic carbocycles. The van der Waals surface area contributed by atoms with Crippen LogP contribution in [0.5, 0.6) is 0 Å². The molecule has 0 aliphatic rings. The number of hydrogen-bond acceptors (Lipinski definition) is 1. The van der Waals surface area contributed by atoms with E-state index >= 15 is 0 Å². The summed E-state index contributed by atoms with van der Waals surface area (Å²) in [6.07, 6.45) is 5.38. The molecule has 0 aromatic carbocycles. The molecule has 0 aromatic heterocycles. The highest BCUT2D eigenvalue weighted by molar-refractivity contribution is 4.92. The average molecular weight is 170 g/mol. The Labute approximate surface area is 76.5 Å². The largest absolute Gasteiger partial charge is 0.393 e. The van der Waals surface area contributed by atoms with Gasteiger partial charge in [0, 0.05) is 0 Å². The van der Waals surface area contributed by atoms with Crippen molar-refractivity contribution in [2.24, 2.45) is 5.92 Å². The molecular weight excluding hydrogens is 148 g/mol. The summed E-state index contributed by atoms with van der Waals surface area (Å²) in [4.78, 5) is 0. The number of aliphatic hydroxyl groups is 1. The molecule has 0 amide bonds. The molecular formula is C11H22O. The van der Waals surface area contributed by atoms with Crippen molar-refractivity contribution in [1.29, 1.82) is 0 Å². The van der Waals surface area contributed by atoms with Crippen LogP contribution in [0.15, 0.2) is 11.6 Å². The van der Waals surface area contributed by atoms with E-state index in [-0.39, 0.29) is 6.10 Å². The Morgan fingerprint density at radius 3 is 2.33 bits per heavy atom. The van der Waals surface area contributed by atoms with Crippen LogP contribution in [0.3, 0.4) is 0 Å². The summed E-state index contributed by atoms with van der Waals surface area (Å²) < 4.78 is 0. The molecule has 1 nitrogen and oxygen atoms in total. The Morgan fingerprint density at radius 2 is 1.92 bits per heavy atom. The van der Waals surface area contributed by atoms with Gasteiger partial charge in [-0.3, -0.25) is 0 Å². The first-order chi connectivity index (χ1) is 5.52. The lowest BCUT2D eigenvalue weighted by Crippen LogP contribution is -2.06. The van der Waals surface area contributed by atoms with E-state index in [4.69, 9.17) is 5.11 Å². The predicted molar refractivity (Wildman–Crippen MR) is 54.1 cm³/mol. The maximum Gasteiger partial charge on any atom is 0.0514 e. The molecule has 0 radical (unpaired) electrons. The first-order valence-corrected chi connectivity index (χ1v) is 4.83. The van der Waals surface area contributed by atoms with Crippen LogP contribution in [-0.2, 0) is 0 Å². The van der Waals surface area contributed by atoms with Gasteiger partial charge < -0.3 is 5.11 Å². The molecule has 0 fully saturated rings. The quantitative estimate of drug-likeness (QED) is 0.628. The van der Waals surface area contributed by atoms with E-state index in [1.54, 1.807) is 0 Å². The first-order valence-electron chi connectivity index (χ1n) is 4.83. The van der Waals surface area contributed by atoms with Gasteiger partial charge in [-0.15, -0.1) is 0 Å². The van der Waals surface area contributed by atoms with E-state index < -0.39 is 0 Å². The van der Waals surface area contributed by atoms with Crippen LogP contribution in [0.1, 0.15) is 47.0 Å². The Kier molecular flexibility index (Phi) is 6.09. The van der Waals surface area contributed by atoms with Gasteiger partial charge in [0.1, 0.15) is 0 Å². The van der Waals surface area contributed by atoms with Crippen LogP contribution in [0.4, 0.5) is 0 Å². The molecule has 0 saturated heterocycles. The molecule has 1 heteroatoms. The summed E-state index contributed by atoms with van der Waals surface area (Å²) in [5, 5.41) is 9.12. The molecule has 2 atom stereocenters. The monoisotopic (exact) mass is 170 g/mol. The maximum absolute atomic E-state index is 9.12. The molecule has 0 aliphatic heterocycles. The van der Waals surface area contributed by atoms with Crippen molar-refractivity contribution in [3.8, 4) is 0 Å². The maximum atomic E-state index is 9.12. The van der Waals surface area contributed by atoms with E-state index in [1.165, 1.54) is 12.0 Å². The highest BCUT2D eigenvalue weighted by Gasteiger charge is 2.04. The zero-order chi connectivity index (χ0) is 9.56. The summed E-state index contributed by atoms with van der Waals surface area (Å²) in [7, 11) is 0. The number of aliphatic hydroxyl groups excluding tert-OH is 1. The molecule has 0 aromatic rings. The van der Waals surface area contributed by atoms with E-state index in [1.807, 2.05) is 6.92 Å². The third kappa shape index (κ3) is 7.80. The molecule has 0 rings (SSSR count). The smallest absolute Gasteiger partial charge is 0.0514 e. The zero-order valence-corrected chi connectivity index (χ0v) is 8.80. The summed E-state index contributed by atoms with van der Waals surface area (Å²) in [6, 6.07) is 0. The van der Waals surface area contributed by atoms with Crippen LogP contribution in [0.25, 0.3) is 0 Å². The molecule has 0 heterocycles. The summed E-state index contributed by atoms with van der Waals surface area (Å²) >= 11 is 0. The minimum Gasteiger partial charge on any atom is -0.393 e. The number of hydrogen-bond donors (Lipinski definition) is 1. The van der Waals surface area contributed by atoms with Crippen molar-refractivity contribution >= 4 is 0 Å². The Hall–Kier alpha value is -0.300. The van der Waals surface area contributed by atoms with Gasteiger partial charge in [0.25, 0.3) is 0 Å².